The first-order valence-electron chi connectivity index (χ1n) is 4.42. The topological polar surface area (TPSA) is 3.24 Å². The van der Waals surface area contributed by atoms with Crippen LogP contribution in [0, 0.1) is 0 Å². The van der Waals surface area contributed by atoms with E-state index in [1.807, 2.05) is 0 Å². The fourth-order valence-corrected chi connectivity index (χ4v) is 1.36. The zero-order valence-electron chi connectivity index (χ0n) is 8.52. The van der Waals surface area contributed by atoms with E-state index < -0.39 is 0 Å². The van der Waals surface area contributed by atoms with Crippen LogP contribution in [0.3, 0.4) is 0 Å². The third-order valence-corrected chi connectivity index (χ3v) is 2.17. The van der Waals surface area contributed by atoms with Gasteiger partial charge in [-0.1, -0.05) is 25.0 Å². The molecule has 0 saturated heterocycles. The smallest absolute Gasteiger partial charge is 0.0298 e. The highest BCUT2D eigenvalue weighted by atomic mass is 15.1. The molecule has 0 amide bonds. The van der Waals surface area contributed by atoms with Gasteiger partial charge >= 0.3 is 0 Å². The van der Waals surface area contributed by atoms with Gasteiger partial charge in [0.2, 0.25) is 0 Å². The van der Waals surface area contributed by atoms with Crippen LogP contribution in [0.5, 0.6) is 0 Å². The average molecular weight is 155 g/mol. The van der Waals surface area contributed by atoms with Gasteiger partial charge in [0.25, 0.3) is 0 Å². The summed E-state index contributed by atoms with van der Waals surface area (Å²) in [6.07, 6.45) is 4.73. The maximum Gasteiger partial charge on any atom is 0.0298 e. The highest BCUT2D eigenvalue weighted by molar-refractivity contribution is 5.05. The van der Waals surface area contributed by atoms with Crippen LogP contribution in [-0.2, 0) is 0 Å². The lowest BCUT2D eigenvalue weighted by Gasteiger charge is -2.24. The summed E-state index contributed by atoms with van der Waals surface area (Å²) in [5, 5.41) is 0. The van der Waals surface area contributed by atoms with Gasteiger partial charge in [-0.15, -0.1) is 0 Å². The van der Waals surface area contributed by atoms with Crippen LogP contribution in [0.15, 0.2) is 11.6 Å². The Hall–Kier alpha value is -0.300. The Morgan fingerprint density at radius 2 is 2.00 bits per heavy atom. The highest BCUT2D eigenvalue weighted by Gasteiger charge is 2.10. The highest BCUT2D eigenvalue weighted by Crippen LogP contribution is 2.12. The van der Waals surface area contributed by atoms with Crippen molar-refractivity contribution in [3.05, 3.63) is 11.6 Å². The second-order valence-electron chi connectivity index (χ2n) is 3.30. The van der Waals surface area contributed by atoms with Gasteiger partial charge in [-0.2, -0.15) is 0 Å². The van der Waals surface area contributed by atoms with Crippen molar-refractivity contribution < 1.29 is 0 Å². The third kappa shape index (κ3) is 3.57. The first-order valence-corrected chi connectivity index (χ1v) is 4.42. The van der Waals surface area contributed by atoms with E-state index in [4.69, 9.17) is 0 Å². The molecule has 0 radical (unpaired) electrons. The molecule has 0 aromatic rings. The molecule has 1 nitrogen and oxygen atoms in total. The predicted octanol–water partition coefficient (Wildman–Crippen LogP) is 2.68. The van der Waals surface area contributed by atoms with Crippen molar-refractivity contribution >= 4 is 0 Å². The zero-order valence-corrected chi connectivity index (χ0v) is 8.52. The van der Waals surface area contributed by atoms with E-state index in [1.165, 1.54) is 18.4 Å². The molecule has 0 aliphatic carbocycles. The van der Waals surface area contributed by atoms with Gasteiger partial charge in [-0.25, -0.2) is 0 Å². The van der Waals surface area contributed by atoms with Gasteiger partial charge in [0, 0.05) is 6.04 Å². The van der Waals surface area contributed by atoms with Crippen molar-refractivity contribution in [1.82, 2.24) is 4.90 Å². The second-order valence-corrected chi connectivity index (χ2v) is 3.30. The average Bonchev–Trinajstić information content (AvgIpc) is 1.98. The molecule has 11 heavy (non-hydrogen) atoms. The van der Waals surface area contributed by atoms with E-state index in [-0.39, 0.29) is 0 Å². The minimum atomic E-state index is 0.644. The normalized spacial score (nSPS) is 15.6. The summed E-state index contributed by atoms with van der Waals surface area (Å²) in [5.41, 5.74) is 1.48. The lowest BCUT2D eigenvalue weighted by Crippen LogP contribution is -2.28. The van der Waals surface area contributed by atoms with Gasteiger partial charge in [-0.05, 0) is 34.4 Å². The summed E-state index contributed by atoms with van der Waals surface area (Å²) in [4.78, 5) is 2.29. The monoisotopic (exact) mass is 155 g/mol. The van der Waals surface area contributed by atoms with Crippen molar-refractivity contribution in [2.24, 2.45) is 0 Å². The van der Waals surface area contributed by atoms with Crippen LogP contribution in [0.4, 0.5) is 0 Å². The molecule has 1 heteroatoms. The number of hydrogen-bond acceptors (Lipinski definition) is 1. The summed E-state index contributed by atoms with van der Waals surface area (Å²) >= 11 is 0. The molecule has 0 heterocycles. The molecular formula is C10H21N. The predicted molar refractivity (Wildman–Crippen MR) is 51.8 cm³/mol. The molecule has 0 spiro atoms. The number of nitrogens with zero attached hydrogens (tertiary/aromatic N) is 1. The first kappa shape index (κ1) is 10.7. The Balaban J connectivity index is 4.10. The van der Waals surface area contributed by atoms with Crippen molar-refractivity contribution in [1.29, 1.82) is 0 Å². The van der Waals surface area contributed by atoms with Gasteiger partial charge in [0.15, 0.2) is 0 Å². The van der Waals surface area contributed by atoms with E-state index in [0.717, 1.165) is 0 Å². The molecule has 0 fully saturated rings. The number of allylic oxidation sites excluding steroid dienone is 1. The molecule has 0 aliphatic rings. The fourth-order valence-electron chi connectivity index (χ4n) is 1.36. The van der Waals surface area contributed by atoms with E-state index >= 15 is 0 Å². The molecule has 0 N–H and O–H groups in total. The van der Waals surface area contributed by atoms with Gasteiger partial charge in [0.05, 0.1) is 0 Å². The summed E-state index contributed by atoms with van der Waals surface area (Å²) in [5.74, 6) is 0. The Morgan fingerprint density at radius 1 is 1.45 bits per heavy atom. The third-order valence-electron chi connectivity index (χ3n) is 2.17. The maximum atomic E-state index is 2.29. The van der Waals surface area contributed by atoms with Crippen LogP contribution in [0.25, 0.3) is 0 Å². The van der Waals surface area contributed by atoms with Gasteiger partial charge in [-0.3, -0.25) is 0 Å². The van der Waals surface area contributed by atoms with Gasteiger partial charge in [0.1, 0.15) is 0 Å². The minimum Gasteiger partial charge on any atom is -0.303 e. The van der Waals surface area contributed by atoms with Crippen molar-refractivity contribution in [3.8, 4) is 0 Å². The SMILES string of the molecule is CC=C(C)C(CCC)N(C)C. The Morgan fingerprint density at radius 3 is 2.27 bits per heavy atom. The van der Waals surface area contributed by atoms with Crippen LogP contribution in [-0.4, -0.2) is 25.0 Å². The quantitative estimate of drug-likeness (QED) is 0.564. The second kappa shape index (κ2) is 5.36. The Kier molecular flexibility index (Phi) is 5.22. The lowest BCUT2D eigenvalue weighted by molar-refractivity contribution is 0.312. The summed E-state index contributed by atoms with van der Waals surface area (Å²) in [6.45, 7) is 6.56. The molecule has 66 valence electrons. The molecule has 0 saturated carbocycles. The fraction of sp³-hybridized carbons (Fsp3) is 0.800. The van der Waals surface area contributed by atoms with Crippen molar-refractivity contribution in [2.75, 3.05) is 14.1 Å². The number of likely N-dealkylation sites (N-methyl/N-ethyl adjacent to an activating group) is 1. The molecule has 1 unspecified atom stereocenters. The molecule has 1 atom stereocenters. The van der Waals surface area contributed by atoms with Crippen molar-refractivity contribution in [3.63, 3.8) is 0 Å². The summed E-state index contributed by atoms with van der Waals surface area (Å²) in [6, 6.07) is 0.644. The molecule has 0 bridgehead atoms. The Labute approximate surface area is 71.1 Å². The van der Waals surface area contributed by atoms with E-state index in [1.54, 1.807) is 0 Å². The largest absolute Gasteiger partial charge is 0.303 e. The molecular weight excluding hydrogens is 134 g/mol. The molecule has 0 aromatic heterocycles. The maximum absolute atomic E-state index is 2.29. The minimum absolute atomic E-state index is 0.644. The summed E-state index contributed by atoms with van der Waals surface area (Å²) in [7, 11) is 4.29. The standard InChI is InChI=1S/C10H21N/c1-6-8-10(11(4)5)9(3)7-2/h7,10H,6,8H2,1-5H3. The Bertz CT molecular complexity index is 125. The van der Waals surface area contributed by atoms with E-state index in [2.05, 4.69) is 45.8 Å². The van der Waals surface area contributed by atoms with E-state index in [0.29, 0.717) is 6.04 Å². The first-order chi connectivity index (χ1) is 5.13. The number of rotatable bonds is 4. The van der Waals surface area contributed by atoms with E-state index in [9.17, 15) is 0 Å². The van der Waals surface area contributed by atoms with Crippen LogP contribution < -0.4 is 0 Å². The number of hydrogen-bond donors (Lipinski definition) is 0. The lowest BCUT2D eigenvalue weighted by atomic mass is 10.0. The molecule has 0 aromatic carbocycles. The summed E-state index contributed by atoms with van der Waals surface area (Å²) < 4.78 is 0. The molecule has 0 rings (SSSR count). The van der Waals surface area contributed by atoms with Crippen LogP contribution in [0.1, 0.15) is 33.6 Å². The van der Waals surface area contributed by atoms with Crippen LogP contribution in [0.2, 0.25) is 0 Å². The van der Waals surface area contributed by atoms with Crippen molar-refractivity contribution in [2.45, 2.75) is 39.7 Å². The van der Waals surface area contributed by atoms with Gasteiger partial charge < -0.3 is 4.90 Å². The molecule has 0 aliphatic heterocycles. The zero-order chi connectivity index (χ0) is 8.85. The van der Waals surface area contributed by atoms with Crippen LogP contribution >= 0.6 is 0 Å².